The van der Waals surface area contributed by atoms with E-state index >= 15 is 0 Å². The fourth-order valence-corrected chi connectivity index (χ4v) is 4.67. The molecular formula is C25H24ClN3O7S. The zero-order valence-corrected chi connectivity index (χ0v) is 21.5. The first-order valence-electron chi connectivity index (χ1n) is 11.3. The molecule has 0 spiro atoms. The Bertz CT molecular complexity index is 1290. The number of nitro benzene ring substituents is 1. The van der Waals surface area contributed by atoms with Crippen LogP contribution in [0, 0.1) is 10.1 Å². The Morgan fingerprint density at radius 1 is 1.11 bits per heavy atom. The van der Waals surface area contributed by atoms with Gasteiger partial charge >= 0.3 is 0 Å². The summed E-state index contributed by atoms with van der Waals surface area (Å²) < 4.78 is 16.0. The third kappa shape index (κ3) is 6.56. The SMILES string of the molecule is COCCN(CC(=O)N(Cc1ccc2c(c1)OCO2)Cc1cccs1)C(=O)c1ccc(Cl)c([N+](=O)[O-])c1. The molecule has 0 atom stereocenters. The molecule has 10 nitrogen and oxygen atoms in total. The summed E-state index contributed by atoms with van der Waals surface area (Å²) in [7, 11) is 1.49. The monoisotopic (exact) mass is 545 g/mol. The Morgan fingerprint density at radius 2 is 1.92 bits per heavy atom. The maximum Gasteiger partial charge on any atom is 0.288 e. The highest BCUT2D eigenvalue weighted by Crippen LogP contribution is 2.33. The van der Waals surface area contributed by atoms with Crippen LogP contribution in [0.25, 0.3) is 0 Å². The largest absolute Gasteiger partial charge is 0.454 e. The van der Waals surface area contributed by atoms with Crippen LogP contribution in [-0.4, -0.2) is 60.1 Å². The molecule has 2 amide bonds. The van der Waals surface area contributed by atoms with Crippen molar-refractivity contribution in [1.29, 1.82) is 0 Å². The highest BCUT2D eigenvalue weighted by atomic mass is 35.5. The highest BCUT2D eigenvalue weighted by Gasteiger charge is 2.25. The van der Waals surface area contributed by atoms with Gasteiger partial charge in [0.05, 0.1) is 18.1 Å². The molecule has 0 radical (unpaired) electrons. The number of benzene rings is 2. The van der Waals surface area contributed by atoms with Gasteiger partial charge in [-0.25, -0.2) is 0 Å². The first-order chi connectivity index (χ1) is 17.9. The van der Waals surface area contributed by atoms with Gasteiger partial charge in [-0.3, -0.25) is 19.7 Å². The average Bonchev–Trinajstić information content (AvgIpc) is 3.57. The van der Waals surface area contributed by atoms with Crippen molar-refractivity contribution < 1.29 is 28.7 Å². The first kappa shape index (κ1) is 26.4. The quantitative estimate of drug-likeness (QED) is 0.260. The van der Waals surface area contributed by atoms with Crippen molar-refractivity contribution in [3.8, 4) is 11.5 Å². The summed E-state index contributed by atoms with van der Waals surface area (Å²) in [6, 6.07) is 13.2. The molecule has 0 N–H and O–H groups in total. The summed E-state index contributed by atoms with van der Waals surface area (Å²) >= 11 is 7.43. The standard InChI is InChI=1S/C25H24ClN3O7S/c1-34-9-8-27(25(31)18-5-6-20(26)21(12-18)29(32)33)15-24(30)28(14-19-3-2-10-37-19)13-17-4-7-22-23(11-17)36-16-35-22/h2-7,10-12H,8-9,13-16H2,1H3. The first-order valence-corrected chi connectivity index (χ1v) is 12.5. The number of hydrogen-bond acceptors (Lipinski definition) is 8. The smallest absolute Gasteiger partial charge is 0.288 e. The van der Waals surface area contributed by atoms with E-state index < -0.39 is 10.8 Å². The lowest BCUT2D eigenvalue weighted by molar-refractivity contribution is -0.384. The molecule has 4 rings (SSSR count). The second kappa shape index (κ2) is 12.0. The van der Waals surface area contributed by atoms with Crippen molar-refractivity contribution >= 4 is 40.4 Å². The number of nitro groups is 1. The van der Waals surface area contributed by atoms with Crippen LogP contribution in [0.15, 0.2) is 53.9 Å². The number of hydrogen-bond donors (Lipinski definition) is 0. The zero-order valence-electron chi connectivity index (χ0n) is 19.9. The van der Waals surface area contributed by atoms with Crippen LogP contribution in [-0.2, 0) is 22.6 Å². The lowest BCUT2D eigenvalue weighted by Gasteiger charge is -2.27. The van der Waals surface area contributed by atoms with Crippen molar-refractivity contribution in [3.05, 3.63) is 85.1 Å². The Kier molecular flexibility index (Phi) is 8.59. The van der Waals surface area contributed by atoms with Gasteiger partial charge in [-0.1, -0.05) is 23.7 Å². The van der Waals surface area contributed by atoms with Gasteiger partial charge in [0.1, 0.15) is 11.6 Å². The summed E-state index contributed by atoms with van der Waals surface area (Å²) in [6.45, 7) is 0.844. The second-order valence-electron chi connectivity index (χ2n) is 8.16. The van der Waals surface area contributed by atoms with Gasteiger partial charge < -0.3 is 24.0 Å². The second-order valence-corrected chi connectivity index (χ2v) is 9.60. The van der Waals surface area contributed by atoms with Crippen molar-refractivity contribution in [2.24, 2.45) is 0 Å². The van der Waals surface area contributed by atoms with E-state index in [1.165, 1.54) is 35.5 Å². The highest BCUT2D eigenvalue weighted by molar-refractivity contribution is 7.09. The van der Waals surface area contributed by atoms with E-state index in [-0.39, 0.29) is 55.2 Å². The number of rotatable bonds is 11. The molecule has 12 heteroatoms. The van der Waals surface area contributed by atoms with Gasteiger partial charge in [0.25, 0.3) is 11.6 Å². The topological polar surface area (TPSA) is 111 Å². The molecular weight excluding hydrogens is 522 g/mol. The van der Waals surface area contributed by atoms with E-state index in [0.717, 1.165) is 16.5 Å². The fourth-order valence-electron chi connectivity index (χ4n) is 3.77. The number of ether oxygens (including phenoxy) is 3. The number of carbonyl (C=O) groups is 2. The van der Waals surface area contributed by atoms with Gasteiger partial charge in [0, 0.05) is 36.7 Å². The molecule has 0 saturated heterocycles. The molecule has 0 saturated carbocycles. The van der Waals surface area contributed by atoms with E-state index in [4.69, 9.17) is 25.8 Å². The number of thiophene rings is 1. The number of carbonyl (C=O) groups excluding carboxylic acids is 2. The maximum atomic E-state index is 13.6. The molecule has 37 heavy (non-hydrogen) atoms. The van der Waals surface area contributed by atoms with E-state index in [1.54, 1.807) is 11.0 Å². The third-order valence-corrected chi connectivity index (χ3v) is 6.84. The third-order valence-electron chi connectivity index (χ3n) is 5.66. The van der Waals surface area contributed by atoms with Crippen LogP contribution in [0.5, 0.6) is 11.5 Å². The van der Waals surface area contributed by atoms with Gasteiger partial charge in [-0.15, -0.1) is 11.3 Å². The summed E-state index contributed by atoms with van der Waals surface area (Å²) in [4.78, 5) is 41.5. The predicted octanol–water partition coefficient (Wildman–Crippen LogP) is 4.36. The van der Waals surface area contributed by atoms with Crippen molar-refractivity contribution in [2.75, 3.05) is 33.6 Å². The fraction of sp³-hybridized carbons (Fsp3) is 0.280. The number of halogens is 1. The van der Waals surface area contributed by atoms with Crippen LogP contribution in [0.4, 0.5) is 5.69 Å². The zero-order chi connectivity index (χ0) is 26.4. The van der Waals surface area contributed by atoms with Crippen molar-refractivity contribution in [2.45, 2.75) is 13.1 Å². The maximum absolute atomic E-state index is 13.6. The number of fused-ring (bicyclic) bond motifs is 1. The number of amides is 2. The number of nitrogens with zero attached hydrogens (tertiary/aromatic N) is 3. The molecule has 0 unspecified atom stereocenters. The van der Waals surface area contributed by atoms with Gasteiger partial charge in [-0.2, -0.15) is 0 Å². The molecule has 0 aliphatic carbocycles. The van der Waals surface area contributed by atoms with Gasteiger partial charge in [0.15, 0.2) is 11.5 Å². The Morgan fingerprint density at radius 3 is 2.65 bits per heavy atom. The van der Waals surface area contributed by atoms with Gasteiger partial charge in [-0.05, 0) is 41.3 Å². The summed E-state index contributed by atoms with van der Waals surface area (Å²) in [6.07, 6.45) is 0. The van der Waals surface area contributed by atoms with E-state index in [1.807, 2.05) is 29.6 Å². The Balaban J connectivity index is 1.56. The lowest BCUT2D eigenvalue weighted by Crippen LogP contribution is -2.43. The van der Waals surface area contributed by atoms with E-state index in [9.17, 15) is 19.7 Å². The van der Waals surface area contributed by atoms with Crippen LogP contribution in [0.3, 0.4) is 0 Å². The van der Waals surface area contributed by atoms with Crippen LogP contribution < -0.4 is 9.47 Å². The minimum Gasteiger partial charge on any atom is -0.454 e. The predicted molar refractivity (Wildman–Crippen MR) is 137 cm³/mol. The summed E-state index contributed by atoms with van der Waals surface area (Å²) in [5.74, 6) is 0.429. The van der Waals surface area contributed by atoms with Crippen molar-refractivity contribution in [1.82, 2.24) is 9.80 Å². The van der Waals surface area contributed by atoms with Crippen LogP contribution in [0.1, 0.15) is 20.8 Å². The summed E-state index contributed by atoms with van der Waals surface area (Å²) in [5.41, 5.74) is 0.519. The summed E-state index contributed by atoms with van der Waals surface area (Å²) in [5, 5.41) is 13.2. The lowest BCUT2D eigenvalue weighted by atomic mass is 10.1. The van der Waals surface area contributed by atoms with Crippen LogP contribution in [0.2, 0.25) is 5.02 Å². The molecule has 1 aliphatic heterocycles. The average molecular weight is 546 g/mol. The molecule has 194 valence electrons. The van der Waals surface area contributed by atoms with Gasteiger partial charge in [0.2, 0.25) is 12.7 Å². The molecule has 2 heterocycles. The molecule has 1 aliphatic rings. The van der Waals surface area contributed by atoms with E-state index in [2.05, 4.69) is 0 Å². The van der Waals surface area contributed by atoms with E-state index in [0.29, 0.717) is 18.0 Å². The molecule has 1 aromatic heterocycles. The minimum absolute atomic E-state index is 0.0561. The van der Waals surface area contributed by atoms with Crippen molar-refractivity contribution in [3.63, 3.8) is 0 Å². The minimum atomic E-state index is -0.655. The number of methoxy groups -OCH3 is 1. The molecule has 2 aromatic carbocycles. The molecule has 3 aromatic rings. The Labute approximate surface area is 222 Å². The molecule has 0 bridgehead atoms. The normalized spacial score (nSPS) is 11.8. The van der Waals surface area contributed by atoms with Crippen LogP contribution >= 0.6 is 22.9 Å². The molecule has 0 fully saturated rings. The Hall–Kier alpha value is -3.67.